The molecule has 5 heteroatoms. The zero-order chi connectivity index (χ0) is 28.3. The minimum atomic E-state index is -0.834. The molecule has 5 nitrogen and oxygen atoms in total. The number of likely N-dealkylation sites (N-methyl/N-ethyl adjacent to an activating group) is 1. The van der Waals surface area contributed by atoms with Gasteiger partial charge in [-0.2, -0.15) is 0 Å². The van der Waals surface area contributed by atoms with Gasteiger partial charge in [-0.3, -0.25) is 9.80 Å². The molecule has 1 spiro atoms. The number of aromatic nitrogens is 1. The van der Waals surface area contributed by atoms with Gasteiger partial charge in [0, 0.05) is 41.1 Å². The van der Waals surface area contributed by atoms with Crippen LogP contribution in [0.1, 0.15) is 81.5 Å². The monoisotopic (exact) mass is 566 g/mol. The lowest BCUT2D eigenvalue weighted by atomic mass is 9.54. The lowest BCUT2D eigenvalue weighted by Crippen LogP contribution is -2.66. The first-order valence-electron chi connectivity index (χ1n) is 17.1. The molecular weight excluding hydrogens is 516 g/mol. The van der Waals surface area contributed by atoms with Crippen molar-refractivity contribution in [3.8, 4) is 0 Å². The lowest BCUT2D eigenvalue weighted by molar-refractivity contribution is -0.0999. The Morgan fingerprint density at radius 2 is 1.76 bits per heavy atom. The number of hydrogen-bond donors (Lipinski definition) is 2. The number of hydrogen-bond acceptors (Lipinski definition) is 4. The van der Waals surface area contributed by atoms with Crippen molar-refractivity contribution in [1.29, 1.82) is 0 Å². The zero-order valence-electron chi connectivity index (χ0n) is 25.6. The molecule has 2 N–H and O–H groups in total. The van der Waals surface area contributed by atoms with Gasteiger partial charge in [0.15, 0.2) is 0 Å². The second-order valence-electron chi connectivity index (χ2n) is 14.5. The second kappa shape index (κ2) is 10.8. The smallest absolute Gasteiger partial charge is 0.0994 e. The predicted molar refractivity (Wildman–Crippen MR) is 172 cm³/mol. The molecule has 224 valence electrons. The second-order valence-corrected chi connectivity index (χ2v) is 14.5. The summed E-state index contributed by atoms with van der Waals surface area (Å²) in [5, 5.41) is 14.6. The maximum Gasteiger partial charge on any atom is 0.0994 e. The van der Waals surface area contributed by atoms with Crippen molar-refractivity contribution in [2.75, 3.05) is 39.8 Å². The molecule has 2 aromatic rings. The third-order valence-corrected chi connectivity index (χ3v) is 12.1. The van der Waals surface area contributed by atoms with Gasteiger partial charge in [0.1, 0.15) is 0 Å². The number of aliphatic hydroxyl groups is 1. The van der Waals surface area contributed by atoms with E-state index in [2.05, 4.69) is 81.4 Å². The normalized spacial score (nSPS) is 40.8. The summed E-state index contributed by atoms with van der Waals surface area (Å²) >= 11 is 0. The van der Waals surface area contributed by atoms with Crippen LogP contribution in [0.2, 0.25) is 0 Å². The summed E-state index contributed by atoms with van der Waals surface area (Å²) in [6.45, 7) is 5.69. The zero-order valence-corrected chi connectivity index (χ0v) is 25.6. The lowest BCUT2D eigenvalue weighted by Gasteiger charge is -2.59. The fourth-order valence-electron chi connectivity index (χ4n) is 10.5. The maximum atomic E-state index is 13.2. The van der Waals surface area contributed by atoms with Crippen molar-refractivity contribution < 1.29 is 5.11 Å². The van der Waals surface area contributed by atoms with Gasteiger partial charge in [0.05, 0.1) is 17.7 Å². The van der Waals surface area contributed by atoms with Crippen LogP contribution in [0, 0.1) is 11.3 Å². The van der Waals surface area contributed by atoms with Gasteiger partial charge >= 0.3 is 0 Å². The number of nitrogens with one attached hydrogen (secondary N) is 1. The highest BCUT2D eigenvalue weighted by Crippen LogP contribution is 2.62. The first kappa shape index (κ1) is 27.4. The van der Waals surface area contributed by atoms with Gasteiger partial charge in [-0.1, -0.05) is 48.6 Å². The summed E-state index contributed by atoms with van der Waals surface area (Å²) < 4.78 is 0. The average molecular weight is 567 g/mol. The van der Waals surface area contributed by atoms with Gasteiger partial charge in [0.2, 0.25) is 0 Å². The first-order valence-corrected chi connectivity index (χ1v) is 17.1. The van der Waals surface area contributed by atoms with Crippen molar-refractivity contribution in [2.45, 2.75) is 94.4 Å². The van der Waals surface area contributed by atoms with E-state index >= 15 is 0 Å². The molecule has 8 rings (SSSR count). The van der Waals surface area contributed by atoms with E-state index in [4.69, 9.17) is 0 Å². The SMILES string of the molecule is CN1CCc2c([nH]c3ccccc23)[C@@H]1C1=C[C@@]2(O)CC/C=C\CCCCN3CC[C@H]1[C@]1(C[C@@H]4/C=C\CCCCN4[C@H]12)C3. The number of para-hydroxylation sites is 1. The molecule has 6 aliphatic rings. The molecule has 7 atom stereocenters. The van der Waals surface area contributed by atoms with Gasteiger partial charge in [0.25, 0.3) is 0 Å². The van der Waals surface area contributed by atoms with Crippen LogP contribution in [-0.4, -0.2) is 82.2 Å². The minimum Gasteiger partial charge on any atom is -0.384 e. The van der Waals surface area contributed by atoms with E-state index in [1.807, 2.05) is 0 Å². The largest absolute Gasteiger partial charge is 0.384 e. The Morgan fingerprint density at radius 1 is 0.929 bits per heavy atom. The third-order valence-electron chi connectivity index (χ3n) is 12.1. The van der Waals surface area contributed by atoms with Gasteiger partial charge in [-0.05, 0) is 120 Å². The van der Waals surface area contributed by atoms with Gasteiger partial charge in [-0.25, -0.2) is 0 Å². The third kappa shape index (κ3) is 4.33. The van der Waals surface area contributed by atoms with E-state index < -0.39 is 5.60 Å². The molecule has 1 unspecified atom stereocenters. The predicted octanol–water partition coefficient (Wildman–Crippen LogP) is 6.38. The molecule has 6 heterocycles. The minimum absolute atomic E-state index is 0.0681. The number of fused-ring (bicyclic) bond motifs is 5. The fraction of sp³-hybridized carbons (Fsp3) is 0.622. The Hall–Kier alpha value is -2.18. The van der Waals surface area contributed by atoms with Crippen molar-refractivity contribution >= 4 is 10.9 Å². The molecule has 1 aromatic carbocycles. The van der Waals surface area contributed by atoms with E-state index in [0.29, 0.717) is 12.0 Å². The molecule has 2 saturated heterocycles. The average Bonchev–Trinajstić information content (AvgIpc) is 3.49. The molecule has 3 bridgehead atoms. The van der Waals surface area contributed by atoms with E-state index in [-0.39, 0.29) is 17.5 Å². The van der Waals surface area contributed by atoms with Crippen LogP contribution in [0.5, 0.6) is 0 Å². The summed E-state index contributed by atoms with van der Waals surface area (Å²) in [5.74, 6) is 0.492. The number of aromatic amines is 1. The Balaban J connectivity index is 1.32. The standard InChI is InChI=1S/C37H50N4O/c1-39-22-17-29-28-15-9-10-16-32(28)38-33(29)34(39)30-25-37(42)19-11-5-2-3-6-12-20-40-23-18-31(30)36(26-40)24-27-14-8-4-7-13-21-41(27)35(36)37/h2,5,8-10,14-16,25,27,31,34-35,38,42H,3-4,6-7,11-13,17-24,26H2,1H3/b5-2-,14-8-/t27-,31+,34-,35+,36-,37-/m0/s1. The maximum absolute atomic E-state index is 13.2. The summed E-state index contributed by atoms with van der Waals surface area (Å²) in [6, 6.07) is 9.71. The Morgan fingerprint density at radius 3 is 2.69 bits per heavy atom. The van der Waals surface area contributed by atoms with Gasteiger partial charge in [-0.15, -0.1) is 0 Å². The summed E-state index contributed by atoms with van der Waals surface area (Å²) in [6.07, 6.45) is 24.9. The summed E-state index contributed by atoms with van der Waals surface area (Å²) in [5.41, 5.74) is 4.90. The number of piperidine rings is 1. The van der Waals surface area contributed by atoms with Crippen LogP contribution in [0.25, 0.3) is 10.9 Å². The topological polar surface area (TPSA) is 45.7 Å². The Labute approximate surface area is 252 Å². The molecule has 5 aliphatic heterocycles. The van der Waals surface area contributed by atoms with Crippen LogP contribution in [0.15, 0.2) is 60.2 Å². The van der Waals surface area contributed by atoms with Crippen molar-refractivity contribution in [1.82, 2.24) is 19.7 Å². The molecular formula is C37H50N4O. The van der Waals surface area contributed by atoms with E-state index in [1.54, 1.807) is 0 Å². The number of nitrogens with zero attached hydrogens (tertiary/aromatic N) is 3. The molecule has 0 radical (unpaired) electrons. The van der Waals surface area contributed by atoms with Crippen LogP contribution in [-0.2, 0) is 6.42 Å². The highest BCUT2D eigenvalue weighted by molar-refractivity contribution is 5.85. The Bertz CT molecular complexity index is 1410. The molecule has 42 heavy (non-hydrogen) atoms. The van der Waals surface area contributed by atoms with Crippen LogP contribution in [0.4, 0.5) is 0 Å². The molecule has 1 aliphatic carbocycles. The first-order chi connectivity index (χ1) is 20.6. The quantitative estimate of drug-likeness (QED) is 0.393. The molecule has 0 saturated carbocycles. The van der Waals surface area contributed by atoms with Crippen molar-refractivity contribution in [3.63, 3.8) is 0 Å². The number of H-pyrrole nitrogens is 1. The Kier molecular flexibility index (Phi) is 7.02. The summed E-state index contributed by atoms with van der Waals surface area (Å²) in [4.78, 5) is 12.1. The van der Waals surface area contributed by atoms with Gasteiger partial charge < -0.3 is 15.0 Å². The fourth-order valence-corrected chi connectivity index (χ4v) is 10.5. The number of benzene rings is 1. The number of allylic oxidation sites excluding steroid dienone is 3. The van der Waals surface area contributed by atoms with E-state index in [1.165, 1.54) is 92.2 Å². The molecule has 0 amide bonds. The molecule has 1 aromatic heterocycles. The van der Waals surface area contributed by atoms with E-state index in [0.717, 1.165) is 38.9 Å². The van der Waals surface area contributed by atoms with Crippen molar-refractivity contribution in [2.24, 2.45) is 11.3 Å². The summed E-state index contributed by atoms with van der Waals surface area (Å²) in [7, 11) is 2.33. The highest BCUT2D eigenvalue weighted by atomic mass is 16.3. The van der Waals surface area contributed by atoms with Crippen LogP contribution < -0.4 is 0 Å². The number of rotatable bonds is 1. The van der Waals surface area contributed by atoms with E-state index in [9.17, 15) is 5.11 Å². The molecule has 2 fully saturated rings. The van der Waals surface area contributed by atoms with Crippen molar-refractivity contribution in [3.05, 3.63) is 71.5 Å². The van der Waals surface area contributed by atoms with Crippen LogP contribution in [0.3, 0.4) is 0 Å². The highest BCUT2D eigenvalue weighted by Gasteiger charge is 2.66. The van der Waals surface area contributed by atoms with Crippen LogP contribution >= 0.6 is 0 Å².